The number of carbonyl (C=O) groups is 1. The van der Waals surface area contributed by atoms with Gasteiger partial charge in [0.05, 0.1) is 7.11 Å². The molecule has 29 heavy (non-hydrogen) atoms. The maximum Gasteiger partial charge on any atom is 0.220 e. The molecule has 162 valence electrons. The predicted octanol–water partition coefficient (Wildman–Crippen LogP) is 3.43. The Morgan fingerprint density at radius 1 is 1.24 bits per heavy atom. The van der Waals surface area contributed by atoms with Gasteiger partial charge in [-0.05, 0) is 82.4 Å². The molecule has 0 spiro atoms. The van der Waals surface area contributed by atoms with Gasteiger partial charge in [-0.25, -0.2) is 4.39 Å². The fraction of sp³-hybridized carbons (Fsp3) is 0.696. The summed E-state index contributed by atoms with van der Waals surface area (Å²) in [4.78, 5) is 17.0. The number of hydrogen-bond donors (Lipinski definition) is 1. The van der Waals surface area contributed by atoms with E-state index in [9.17, 15) is 9.18 Å². The number of methoxy groups -OCH3 is 1. The summed E-state index contributed by atoms with van der Waals surface area (Å²) in [7, 11) is 1.60. The van der Waals surface area contributed by atoms with Crippen LogP contribution in [0.3, 0.4) is 0 Å². The van der Waals surface area contributed by atoms with Gasteiger partial charge in [0.1, 0.15) is 11.6 Å². The quantitative estimate of drug-likeness (QED) is 0.684. The molecule has 0 aliphatic carbocycles. The molecule has 1 aromatic rings. The van der Waals surface area contributed by atoms with Gasteiger partial charge in [-0.1, -0.05) is 6.92 Å². The fourth-order valence-corrected chi connectivity index (χ4v) is 4.67. The van der Waals surface area contributed by atoms with E-state index in [1.165, 1.54) is 18.9 Å². The molecule has 2 saturated heterocycles. The number of ether oxygens (including phenoxy) is 1. The molecule has 2 aliphatic rings. The van der Waals surface area contributed by atoms with Gasteiger partial charge >= 0.3 is 0 Å². The van der Waals surface area contributed by atoms with Crippen molar-refractivity contribution in [1.82, 2.24) is 15.1 Å². The second kappa shape index (κ2) is 10.9. The zero-order chi connectivity index (χ0) is 20.6. The molecule has 1 aromatic carbocycles. The van der Waals surface area contributed by atoms with Crippen LogP contribution in [0.1, 0.15) is 51.0 Å². The number of rotatable bonds is 9. The summed E-state index contributed by atoms with van der Waals surface area (Å²) in [5.74, 6) is 1.30. The number of hydrogen-bond acceptors (Lipinski definition) is 4. The van der Waals surface area contributed by atoms with Crippen molar-refractivity contribution < 1.29 is 13.9 Å². The number of carbonyl (C=O) groups excluding carboxylic acids is 1. The van der Waals surface area contributed by atoms with Crippen molar-refractivity contribution in [3.8, 4) is 5.75 Å². The number of likely N-dealkylation sites (tertiary alicyclic amines) is 2. The van der Waals surface area contributed by atoms with Crippen LogP contribution in [0.4, 0.5) is 4.39 Å². The van der Waals surface area contributed by atoms with Crippen LogP contribution >= 0.6 is 0 Å². The van der Waals surface area contributed by atoms with Crippen molar-refractivity contribution in [3.05, 3.63) is 29.6 Å². The highest BCUT2D eigenvalue weighted by molar-refractivity contribution is 5.75. The van der Waals surface area contributed by atoms with Crippen molar-refractivity contribution in [1.29, 1.82) is 0 Å². The summed E-state index contributed by atoms with van der Waals surface area (Å²) in [5.41, 5.74) is 0.690. The van der Waals surface area contributed by atoms with Gasteiger partial charge in [0, 0.05) is 31.1 Å². The third kappa shape index (κ3) is 6.41. The maximum absolute atomic E-state index is 14.0. The number of nitrogens with one attached hydrogen (secondary N) is 1. The van der Waals surface area contributed by atoms with Crippen LogP contribution in [0.25, 0.3) is 0 Å². The lowest BCUT2D eigenvalue weighted by molar-refractivity contribution is -0.121. The Labute approximate surface area is 174 Å². The Hall–Kier alpha value is -1.66. The summed E-state index contributed by atoms with van der Waals surface area (Å²) in [6.45, 7) is 7.74. The minimum absolute atomic E-state index is 0.173. The van der Waals surface area contributed by atoms with Gasteiger partial charge in [-0.2, -0.15) is 0 Å². The van der Waals surface area contributed by atoms with Gasteiger partial charge < -0.3 is 10.1 Å². The number of nitrogens with zero attached hydrogens (tertiary/aromatic N) is 2. The largest absolute Gasteiger partial charge is 0.497 e. The van der Waals surface area contributed by atoms with Crippen molar-refractivity contribution in [2.45, 2.75) is 58.0 Å². The minimum Gasteiger partial charge on any atom is -0.497 e. The first-order valence-electron chi connectivity index (χ1n) is 11.1. The van der Waals surface area contributed by atoms with Gasteiger partial charge in [0.2, 0.25) is 5.91 Å². The Kier molecular flexibility index (Phi) is 8.30. The number of halogens is 1. The third-order valence-electron chi connectivity index (χ3n) is 6.57. The Bertz CT molecular complexity index is 662. The smallest absolute Gasteiger partial charge is 0.220 e. The van der Waals surface area contributed by atoms with E-state index in [1.807, 2.05) is 0 Å². The molecule has 2 heterocycles. The fourth-order valence-electron chi connectivity index (χ4n) is 4.67. The first kappa shape index (κ1) is 22.0. The van der Waals surface area contributed by atoms with E-state index >= 15 is 0 Å². The maximum atomic E-state index is 14.0. The Morgan fingerprint density at radius 3 is 2.76 bits per heavy atom. The van der Waals surface area contributed by atoms with E-state index in [1.54, 1.807) is 19.2 Å². The van der Waals surface area contributed by atoms with E-state index in [0.29, 0.717) is 36.2 Å². The Morgan fingerprint density at radius 2 is 2.03 bits per heavy atom. The number of amides is 1. The van der Waals surface area contributed by atoms with Crippen molar-refractivity contribution in [2.75, 3.05) is 39.8 Å². The molecule has 1 N–H and O–H groups in total. The standard InChI is InChI=1S/C23H36FN3O2/c1-3-27-12-4-5-20(27)16-25-23(28)9-6-18-10-13-26(14-11-18)17-19-15-21(29-2)7-8-22(19)24/h7-8,15,18,20H,3-6,9-14,16-17H2,1-2H3,(H,25,28). The van der Waals surface area contributed by atoms with E-state index in [4.69, 9.17) is 4.74 Å². The molecular weight excluding hydrogens is 369 g/mol. The zero-order valence-electron chi connectivity index (χ0n) is 18.0. The molecule has 2 aliphatic heterocycles. The molecule has 6 heteroatoms. The third-order valence-corrected chi connectivity index (χ3v) is 6.57. The topological polar surface area (TPSA) is 44.8 Å². The molecule has 1 atom stereocenters. The average molecular weight is 406 g/mol. The summed E-state index contributed by atoms with van der Waals surface area (Å²) >= 11 is 0. The van der Waals surface area contributed by atoms with E-state index < -0.39 is 0 Å². The summed E-state index contributed by atoms with van der Waals surface area (Å²) in [6.07, 6.45) is 6.16. The number of likely N-dealkylation sites (N-methyl/N-ethyl adjacent to an activating group) is 1. The highest BCUT2D eigenvalue weighted by Gasteiger charge is 2.24. The predicted molar refractivity (Wildman–Crippen MR) is 113 cm³/mol. The van der Waals surface area contributed by atoms with Crippen molar-refractivity contribution >= 4 is 5.91 Å². The second-order valence-corrected chi connectivity index (χ2v) is 8.44. The SMILES string of the molecule is CCN1CCCC1CNC(=O)CCC1CCN(Cc2cc(OC)ccc2F)CC1. The van der Waals surface area contributed by atoms with Crippen LogP contribution in [0.2, 0.25) is 0 Å². The molecule has 0 radical (unpaired) electrons. The molecule has 0 aromatic heterocycles. The van der Waals surface area contributed by atoms with Crippen LogP contribution in [-0.2, 0) is 11.3 Å². The van der Waals surface area contributed by atoms with Gasteiger partial charge in [0.15, 0.2) is 0 Å². The lowest BCUT2D eigenvalue weighted by Gasteiger charge is -2.32. The van der Waals surface area contributed by atoms with E-state index in [0.717, 1.165) is 52.0 Å². The van der Waals surface area contributed by atoms with Crippen molar-refractivity contribution in [2.24, 2.45) is 5.92 Å². The van der Waals surface area contributed by atoms with Crippen LogP contribution in [0, 0.1) is 11.7 Å². The lowest BCUT2D eigenvalue weighted by Crippen LogP contribution is -2.40. The molecule has 0 saturated carbocycles. The van der Waals surface area contributed by atoms with E-state index in [2.05, 4.69) is 22.0 Å². The minimum atomic E-state index is -0.173. The molecule has 5 nitrogen and oxygen atoms in total. The first-order chi connectivity index (χ1) is 14.1. The zero-order valence-corrected chi connectivity index (χ0v) is 18.0. The highest BCUT2D eigenvalue weighted by atomic mass is 19.1. The van der Waals surface area contributed by atoms with Gasteiger partial charge in [0.25, 0.3) is 0 Å². The molecular formula is C23H36FN3O2. The summed E-state index contributed by atoms with van der Waals surface area (Å²) < 4.78 is 19.3. The number of benzene rings is 1. The summed E-state index contributed by atoms with van der Waals surface area (Å²) in [5, 5.41) is 3.14. The van der Waals surface area contributed by atoms with Crippen LogP contribution in [0.15, 0.2) is 18.2 Å². The van der Waals surface area contributed by atoms with Gasteiger partial charge in [-0.15, -0.1) is 0 Å². The molecule has 1 unspecified atom stereocenters. The monoisotopic (exact) mass is 405 g/mol. The molecule has 3 rings (SSSR count). The van der Waals surface area contributed by atoms with Crippen molar-refractivity contribution in [3.63, 3.8) is 0 Å². The summed E-state index contributed by atoms with van der Waals surface area (Å²) in [6, 6.07) is 5.44. The second-order valence-electron chi connectivity index (χ2n) is 8.44. The van der Waals surface area contributed by atoms with Crippen LogP contribution in [0.5, 0.6) is 5.75 Å². The molecule has 1 amide bonds. The normalized spacial score (nSPS) is 21.4. The average Bonchev–Trinajstić information content (AvgIpc) is 3.21. The highest BCUT2D eigenvalue weighted by Crippen LogP contribution is 2.25. The lowest BCUT2D eigenvalue weighted by atomic mass is 9.92. The van der Waals surface area contributed by atoms with Crippen LogP contribution in [-0.4, -0.2) is 61.6 Å². The van der Waals surface area contributed by atoms with Crippen LogP contribution < -0.4 is 10.1 Å². The first-order valence-corrected chi connectivity index (χ1v) is 11.1. The number of piperidine rings is 1. The van der Waals surface area contributed by atoms with Gasteiger partial charge in [-0.3, -0.25) is 14.6 Å². The molecule has 0 bridgehead atoms. The Balaban J connectivity index is 1.34. The molecule has 2 fully saturated rings. The van der Waals surface area contributed by atoms with E-state index in [-0.39, 0.29) is 11.7 Å².